The van der Waals surface area contributed by atoms with E-state index >= 15 is 0 Å². The van der Waals surface area contributed by atoms with Crippen LogP contribution in [0.5, 0.6) is 0 Å². The molecule has 132 valence electrons. The van der Waals surface area contributed by atoms with Crippen LogP contribution in [0.1, 0.15) is 42.7 Å². The molecule has 1 aliphatic heterocycles. The molecule has 4 rings (SSSR count). The maximum absolute atomic E-state index is 12.7. The summed E-state index contributed by atoms with van der Waals surface area (Å²) in [4.78, 5) is 29.4. The van der Waals surface area contributed by atoms with E-state index in [9.17, 15) is 4.79 Å². The van der Waals surface area contributed by atoms with Gasteiger partial charge in [0.05, 0.1) is 17.8 Å². The highest BCUT2D eigenvalue weighted by atomic mass is 32.1. The molecule has 2 aliphatic rings. The molecule has 1 atom stereocenters. The van der Waals surface area contributed by atoms with Crippen LogP contribution in [0, 0.1) is 5.92 Å². The second kappa shape index (κ2) is 7.47. The first kappa shape index (κ1) is 16.4. The van der Waals surface area contributed by atoms with E-state index in [2.05, 4.69) is 25.2 Å². The maximum atomic E-state index is 12.7. The van der Waals surface area contributed by atoms with Crippen LogP contribution in [0.2, 0.25) is 0 Å². The van der Waals surface area contributed by atoms with Crippen molar-refractivity contribution in [1.82, 2.24) is 15.0 Å². The lowest BCUT2D eigenvalue weighted by molar-refractivity contribution is -0.120. The predicted octanol–water partition coefficient (Wildman–Crippen LogP) is 3.06. The van der Waals surface area contributed by atoms with Gasteiger partial charge in [-0.15, -0.1) is 11.3 Å². The number of rotatable bonds is 3. The highest BCUT2D eigenvalue weighted by Crippen LogP contribution is 2.30. The maximum Gasteiger partial charge on any atom is 0.231 e. The van der Waals surface area contributed by atoms with Crippen molar-refractivity contribution < 1.29 is 4.79 Å². The highest BCUT2D eigenvalue weighted by molar-refractivity contribution is 7.15. The van der Waals surface area contributed by atoms with Crippen molar-refractivity contribution in [2.75, 3.05) is 23.3 Å². The molecule has 2 aromatic rings. The molecule has 7 heteroatoms. The van der Waals surface area contributed by atoms with Gasteiger partial charge in [-0.2, -0.15) is 0 Å². The third-order valence-electron chi connectivity index (χ3n) is 4.99. The number of hydrogen-bond acceptors (Lipinski definition) is 6. The Bertz CT molecular complexity index is 709. The second-order valence-corrected chi connectivity index (χ2v) is 7.87. The van der Waals surface area contributed by atoms with Gasteiger partial charge in [0.2, 0.25) is 5.91 Å². The third-order valence-corrected chi connectivity index (χ3v) is 6.06. The van der Waals surface area contributed by atoms with Crippen molar-refractivity contribution >= 4 is 28.2 Å². The Morgan fingerprint density at radius 3 is 3.00 bits per heavy atom. The zero-order valence-electron chi connectivity index (χ0n) is 14.3. The zero-order valence-corrected chi connectivity index (χ0v) is 15.1. The summed E-state index contributed by atoms with van der Waals surface area (Å²) in [7, 11) is 0. The van der Waals surface area contributed by atoms with E-state index in [0.29, 0.717) is 6.54 Å². The van der Waals surface area contributed by atoms with Crippen LogP contribution >= 0.6 is 11.3 Å². The predicted molar refractivity (Wildman–Crippen MR) is 99.0 cm³/mol. The minimum atomic E-state index is -0.0283. The molecular weight excluding hydrogens is 334 g/mol. The zero-order chi connectivity index (χ0) is 17.1. The molecule has 0 bridgehead atoms. The molecule has 2 aromatic heterocycles. The number of carbonyl (C=O) groups is 1. The molecule has 1 aliphatic carbocycles. The first-order chi connectivity index (χ1) is 12.3. The number of nitrogens with one attached hydrogen (secondary N) is 1. The van der Waals surface area contributed by atoms with Crippen molar-refractivity contribution in [3.63, 3.8) is 0 Å². The van der Waals surface area contributed by atoms with E-state index < -0.39 is 0 Å². The Labute approximate surface area is 151 Å². The van der Waals surface area contributed by atoms with E-state index in [1.807, 2.05) is 0 Å². The summed E-state index contributed by atoms with van der Waals surface area (Å²) in [6.07, 6.45) is 12.9. The smallest absolute Gasteiger partial charge is 0.231 e. The number of anilines is 2. The van der Waals surface area contributed by atoms with Crippen LogP contribution < -0.4 is 10.2 Å². The number of thiazole rings is 1. The summed E-state index contributed by atoms with van der Waals surface area (Å²) in [5.74, 6) is 0.901. The van der Waals surface area contributed by atoms with Gasteiger partial charge >= 0.3 is 0 Å². The Morgan fingerprint density at radius 1 is 1.20 bits per heavy atom. The Hall–Kier alpha value is -2.02. The van der Waals surface area contributed by atoms with Crippen molar-refractivity contribution in [3.8, 4) is 0 Å². The Morgan fingerprint density at radius 2 is 2.12 bits per heavy atom. The number of amides is 1. The largest absolute Gasteiger partial charge is 0.355 e. The van der Waals surface area contributed by atoms with Crippen molar-refractivity contribution in [2.24, 2.45) is 5.92 Å². The lowest BCUT2D eigenvalue weighted by Crippen LogP contribution is -2.41. The molecule has 3 heterocycles. The topological polar surface area (TPSA) is 71.0 Å². The summed E-state index contributed by atoms with van der Waals surface area (Å²) in [5.41, 5.74) is 1.20. The normalized spacial score (nSPS) is 20.6. The molecule has 25 heavy (non-hydrogen) atoms. The number of hydrogen-bond donors (Lipinski definition) is 1. The van der Waals surface area contributed by atoms with Gasteiger partial charge < -0.3 is 10.2 Å². The molecule has 0 saturated carbocycles. The van der Waals surface area contributed by atoms with E-state index in [1.165, 1.54) is 29.8 Å². The van der Waals surface area contributed by atoms with E-state index in [4.69, 9.17) is 0 Å². The van der Waals surface area contributed by atoms with E-state index in [1.54, 1.807) is 29.9 Å². The number of aryl methyl sites for hydroxylation is 2. The number of carbonyl (C=O) groups excluding carboxylic acids is 1. The minimum absolute atomic E-state index is 0.0283. The standard InChI is InChI=1S/C18H23N5OS/c24-17(22-18-21-14-6-2-1-3-7-15(14)25-18)13-5-4-10-23(12-13)16-11-19-8-9-20-16/h8-9,11,13H,1-7,10,12H2,(H,21,22,24). The molecule has 1 fully saturated rings. The monoisotopic (exact) mass is 357 g/mol. The summed E-state index contributed by atoms with van der Waals surface area (Å²) in [5, 5.41) is 3.84. The quantitative estimate of drug-likeness (QED) is 0.855. The lowest BCUT2D eigenvalue weighted by Gasteiger charge is -2.32. The van der Waals surface area contributed by atoms with Crippen LogP contribution in [-0.4, -0.2) is 33.9 Å². The molecule has 1 unspecified atom stereocenters. The number of piperidine rings is 1. The fourth-order valence-electron chi connectivity index (χ4n) is 3.64. The Balaban J connectivity index is 1.41. The molecular formula is C18H23N5OS. The first-order valence-electron chi connectivity index (χ1n) is 9.10. The number of fused-ring (bicyclic) bond motifs is 1. The molecule has 0 radical (unpaired) electrons. The van der Waals surface area contributed by atoms with Gasteiger partial charge in [-0.25, -0.2) is 9.97 Å². The average Bonchev–Trinajstić information content (AvgIpc) is 2.90. The van der Waals surface area contributed by atoms with Crippen LogP contribution in [0.15, 0.2) is 18.6 Å². The number of nitrogens with zero attached hydrogens (tertiary/aromatic N) is 4. The molecule has 0 aromatic carbocycles. The van der Waals surface area contributed by atoms with Gasteiger partial charge in [-0.05, 0) is 38.5 Å². The fourth-order valence-corrected chi connectivity index (χ4v) is 4.70. The lowest BCUT2D eigenvalue weighted by atomic mass is 9.97. The van der Waals surface area contributed by atoms with E-state index in [0.717, 1.165) is 43.2 Å². The average molecular weight is 357 g/mol. The van der Waals surface area contributed by atoms with Crippen LogP contribution in [-0.2, 0) is 17.6 Å². The van der Waals surface area contributed by atoms with Crippen LogP contribution in [0.4, 0.5) is 10.9 Å². The van der Waals surface area contributed by atoms with Gasteiger partial charge in [0.15, 0.2) is 5.13 Å². The summed E-state index contributed by atoms with van der Waals surface area (Å²) in [6, 6.07) is 0. The van der Waals surface area contributed by atoms with Crippen molar-refractivity contribution in [3.05, 3.63) is 29.2 Å². The van der Waals surface area contributed by atoms with Gasteiger partial charge in [0.1, 0.15) is 5.82 Å². The first-order valence-corrected chi connectivity index (χ1v) is 9.91. The molecule has 1 N–H and O–H groups in total. The van der Waals surface area contributed by atoms with Crippen molar-refractivity contribution in [2.45, 2.75) is 44.9 Å². The van der Waals surface area contributed by atoms with Gasteiger partial charge in [0.25, 0.3) is 0 Å². The fraction of sp³-hybridized carbons (Fsp3) is 0.556. The summed E-state index contributed by atoms with van der Waals surface area (Å²) >= 11 is 1.66. The third kappa shape index (κ3) is 3.81. The van der Waals surface area contributed by atoms with E-state index in [-0.39, 0.29) is 11.8 Å². The van der Waals surface area contributed by atoms with Gasteiger partial charge in [-0.1, -0.05) is 6.42 Å². The van der Waals surface area contributed by atoms with Crippen molar-refractivity contribution in [1.29, 1.82) is 0 Å². The molecule has 0 spiro atoms. The van der Waals surface area contributed by atoms with Crippen LogP contribution in [0.3, 0.4) is 0 Å². The van der Waals surface area contributed by atoms with Crippen LogP contribution in [0.25, 0.3) is 0 Å². The molecule has 1 amide bonds. The SMILES string of the molecule is O=C(Nc1nc2c(s1)CCCCC2)C1CCCN(c2cnccn2)C1. The Kier molecular flexibility index (Phi) is 4.92. The highest BCUT2D eigenvalue weighted by Gasteiger charge is 2.27. The second-order valence-electron chi connectivity index (χ2n) is 6.79. The molecule has 6 nitrogen and oxygen atoms in total. The molecule has 1 saturated heterocycles. The summed E-state index contributed by atoms with van der Waals surface area (Å²) < 4.78 is 0. The minimum Gasteiger partial charge on any atom is -0.355 e. The van der Waals surface area contributed by atoms with Gasteiger partial charge in [0, 0.05) is 30.4 Å². The van der Waals surface area contributed by atoms with Gasteiger partial charge in [-0.3, -0.25) is 9.78 Å². The number of aromatic nitrogens is 3. The summed E-state index contributed by atoms with van der Waals surface area (Å²) in [6.45, 7) is 1.61.